The summed E-state index contributed by atoms with van der Waals surface area (Å²) in [5.74, 6) is 0. The van der Waals surface area contributed by atoms with E-state index in [2.05, 4.69) is 94.1 Å². The Kier molecular flexibility index (Phi) is 10.1. The van der Waals surface area contributed by atoms with Gasteiger partial charge in [0.2, 0.25) is 0 Å². The van der Waals surface area contributed by atoms with E-state index in [-0.39, 0.29) is 40.6 Å². The molecule has 5 heteroatoms. The van der Waals surface area contributed by atoms with Gasteiger partial charge in [-0.05, 0) is 0 Å². The van der Waals surface area contributed by atoms with E-state index in [0.717, 1.165) is 0 Å². The molecule has 2 rings (SSSR count). The van der Waals surface area contributed by atoms with E-state index in [1.807, 2.05) is 0 Å². The summed E-state index contributed by atoms with van der Waals surface area (Å²) in [4.78, 5) is 0. The Hall–Kier alpha value is 0.501. The van der Waals surface area contributed by atoms with Crippen LogP contribution in [0.2, 0.25) is 16.4 Å². The van der Waals surface area contributed by atoms with Crippen LogP contribution in [-0.4, -0.2) is 8.07 Å². The summed E-state index contributed by atoms with van der Waals surface area (Å²) in [6.07, 6.45) is 0. The zero-order valence-corrected chi connectivity index (χ0v) is 21.6. The minimum Gasteiger partial charge on any atom is -1.00 e. The molecular formula is C20H29Cl3SiTi. The van der Waals surface area contributed by atoms with Gasteiger partial charge >= 0.3 is 150 Å². The van der Waals surface area contributed by atoms with E-state index in [4.69, 9.17) is 0 Å². The number of rotatable bonds is 2. The third-order valence-corrected chi connectivity index (χ3v) is 14.8. The number of allylic oxidation sites excluding steroid dienone is 4. The summed E-state index contributed by atoms with van der Waals surface area (Å²) >= 11 is 2.50. The number of hydrogen-bond donors (Lipinski definition) is 0. The fourth-order valence-corrected chi connectivity index (χ4v) is 10.6. The maximum absolute atomic E-state index is 2.57. The maximum atomic E-state index is 2.57. The molecule has 0 saturated heterocycles. The molecule has 0 bridgehead atoms. The molecule has 0 radical (unpaired) electrons. The number of halogens is 3. The maximum Gasteiger partial charge on any atom is -1.00 e. The van der Waals surface area contributed by atoms with Gasteiger partial charge in [0.25, 0.3) is 0 Å². The van der Waals surface area contributed by atoms with Crippen molar-refractivity contribution in [2.75, 3.05) is 0 Å². The fourth-order valence-electron chi connectivity index (χ4n) is 4.70. The number of aryl methyl sites for hydroxylation is 3. The SMILES string of the molecule is CC1=C(C)[C]([Ti+3])([Si](C)(C)c2c(C)cc(C)cc2C)C(C)=C1C.[Cl-].[Cl-].[Cl-]. The molecule has 25 heavy (non-hydrogen) atoms. The Balaban J connectivity index is 0. The van der Waals surface area contributed by atoms with Gasteiger partial charge in [-0.3, -0.25) is 0 Å². The van der Waals surface area contributed by atoms with E-state index in [9.17, 15) is 0 Å². The summed E-state index contributed by atoms with van der Waals surface area (Å²) in [5.41, 5.74) is 10.6. The molecule has 1 aliphatic carbocycles. The first kappa shape index (κ1) is 27.7. The zero-order chi connectivity index (χ0) is 17.0. The van der Waals surface area contributed by atoms with Crippen LogP contribution in [-0.2, 0) is 20.4 Å². The van der Waals surface area contributed by atoms with E-state index >= 15 is 0 Å². The van der Waals surface area contributed by atoms with Crippen LogP contribution in [0.3, 0.4) is 0 Å². The van der Waals surface area contributed by atoms with Crippen LogP contribution < -0.4 is 42.4 Å². The van der Waals surface area contributed by atoms with Gasteiger partial charge in [-0.1, -0.05) is 0 Å². The summed E-state index contributed by atoms with van der Waals surface area (Å²) in [5, 5.41) is 1.65. The van der Waals surface area contributed by atoms with Gasteiger partial charge in [-0.2, -0.15) is 0 Å². The molecule has 0 aliphatic heterocycles. The minimum atomic E-state index is -1.71. The molecule has 1 aromatic rings. The monoisotopic (exact) mass is 450 g/mol. The Morgan fingerprint density at radius 3 is 1.36 bits per heavy atom. The van der Waals surface area contributed by atoms with Crippen LogP contribution in [0.1, 0.15) is 44.4 Å². The Labute approximate surface area is 186 Å². The van der Waals surface area contributed by atoms with E-state index in [0.29, 0.717) is 0 Å². The van der Waals surface area contributed by atoms with Gasteiger partial charge in [0.1, 0.15) is 0 Å². The van der Waals surface area contributed by atoms with Crippen molar-refractivity contribution in [3.63, 3.8) is 0 Å². The van der Waals surface area contributed by atoms with Crippen LogP contribution >= 0.6 is 0 Å². The van der Waals surface area contributed by atoms with Gasteiger partial charge in [-0.15, -0.1) is 0 Å². The van der Waals surface area contributed by atoms with E-state index < -0.39 is 8.07 Å². The predicted molar refractivity (Wildman–Crippen MR) is 97.2 cm³/mol. The number of benzene rings is 1. The Morgan fingerprint density at radius 1 is 0.720 bits per heavy atom. The Bertz CT molecular complexity index is 671. The van der Waals surface area contributed by atoms with Gasteiger partial charge in [0, 0.05) is 0 Å². The molecular weight excluding hydrogens is 423 g/mol. The third kappa shape index (κ3) is 4.03. The van der Waals surface area contributed by atoms with Crippen molar-refractivity contribution in [2.45, 2.75) is 64.9 Å². The summed E-state index contributed by atoms with van der Waals surface area (Å²) in [7, 11) is -1.71. The average molecular weight is 452 g/mol. The Morgan fingerprint density at radius 2 is 1.04 bits per heavy atom. The normalized spacial score (nSPS) is 16.3. The van der Waals surface area contributed by atoms with E-state index in [1.54, 1.807) is 16.3 Å². The first-order valence-electron chi connectivity index (χ1n) is 8.15. The molecule has 0 N–H and O–H groups in total. The van der Waals surface area contributed by atoms with Crippen molar-refractivity contribution >= 4 is 13.3 Å². The smallest absolute Gasteiger partial charge is 1.00 e. The largest absolute Gasteiger partial charge is 1.00 e. The van der Waals surface area contributed by atoms with Crippen LogP contribution in [0.15, 0.2) is 34.4 Å². The quantitative estimate of drug-likeness (QED) is 0.409. The van der Waals surface area contributed by atoms with Crippen molar-refractivity contribution < 1.29 is 57.7 Å². The van der Waals surface area contributed by atoms with Crippen molar-refractivity contribution in [2.24, 2.45) is 0 Å². The summed E-state index contributed by atoms with van der Waals surface area (Å²) in [6, 6.07) is 4.74. The van der Waals surface area contributed by atoms with Crippen LogP contribution in [0.25, 0.3) is 0 Å². The summed E-state index contributed by atoms with van der Waals surface area (Å²) < 4.78 is 0.228. The predicted octanol–water partition coefficient (Wildman–Crippen LogP) is -3.53. The van der Waals surface area contributed by atoms with Crippen LogP contribution in [0.4, 0.5) is 0 Å². The topological polar surface area (TPSA) is 0 Å². The molecule has 0 aromatic heterocycles. The first-order chi connectivity index (χ1) is 9.96. The van der Waals surface area contributed by atoms with Crippen LogP contribution in [0.5, 0.6) is 0 Å². The van der Waals surface area contributed by atoms with Gasteiger partial charge in [0.15, 0.2) is 0 Å². The second-order valence-electron chi connectivity index (χ2n) is 7.65. The van der Waals surface area contributed by atoms with Crippen LogP contribution in [0, 0.1) is 20.8 Å². The molecule has 1 aromatic carbocycles. The molecule has 0 fully saturated rings. The molecule has 1 aliphatic rings. The van der Waals surface area contributed by atoms with Gasteiger partial charge in [0.05, 0.1) is 0 Å². The standard InChI is InChI=1S/C20H29Si.3ClH.Ti/c1-12-10-13(2)19(14(3)11-12)21(8,9)20-17(6)15(4)16(5)18(20)7;;;;/h10-11H,1-9H3;3*1H;/q;;;;+3/p-3. The fraction of sp³-hybridized carbons (Fsp3) is 0.500. The second kappa shape index (κ2) is 9.13. The first-order valence-corrected chi connectivity index (χ1v) is 11.9. The van der Waals surface area contributed by atoms with Crippen molar-refractivity contribution in [1.82, 2.24) is 0 Å². The second-order valence-corrected chi connectivity index (χ2v) is 14.1. The molecule has 138 valence electrons. The molecule has 0 saturated carbocycles. The zero-order valence-electron chi connectivity index (χ0n) is 16.8. The van der Waals surface area contributed by atoms with Crippen molar-refractivity contribution in [3.8, 4) is 0 Å². The molecule has 0 spiro atoms. The molecule has 0 unspecified atom stereocenters. The van der Waals surface area contributed by atoms with Crippen molar-refractivity contribution in [1.29, 1.82) is 0 Å². The molecule has 0 nitrogen and oxygen atoms in total. The third-order valence-electron chi connectivity index (χ3n) is 6.05. The van der Waals surface area contributed by atoms with Gasteiger partial charge in [-0.25, -0.2) is 0 Å². The minimum absolute atomic E-state index is 0. The molecule has 0 amide bonds. The van der Waals surface area contributed by atoms with E-state index in [1.165, 1.54) is 27.8 Å². The number of hydrogen-bond acceptors (Lipinski definition) is 0. The average Bonchev–Trinajstić information content (AvgIpc) is 2.54. The molecule has 0 atom stereocenters. The van der Waals surface area contributed by atoms with Crippen molar-refractivity contribution in [3.05, 3.63) is 51.1 Å². The molecule has 0 heterocycles. The van der Waals surface area contributed by atoms with Gasteiger partial charge < -0.3 is 37.2 Å². The summed E-state index contributed by atoms with van der Waals surface area (Å²) in [6.45, 7) is 21.3.